The number of benzene rings is 1. The topological polar surface area (TPSA) is 115 Å². The van der Waals surface area contributed by atoms with Crippen LogP contribution in [-0.2, 0) is 36.9 Å². The van der Waals surface area contributed by atoms with Gasteiger partial charge in [0.1, 0.15) is 24.3 Å². The first-order valence-corrected chi connectivity index (χ1v) is 12.4. The molecule has 0 aliphatic carbocycles. The molecule has 3 atom stereocenters. The number of aliphatic hydroxyl groups is 1. The van der Waals surface area contributed by atoms with Gasteiger partial charge in [-0.05, 0) is 43.2 Å². The summed E-state index contributed by atoms with van der Waals surface area (Å²) in [4.78, 5) is 30.9. The summed E-state index contributed by atoms with van der Waals surface area (Å²) in [5.41, 5.74) is 3.85. The SMILES string of the molecule is COC(C)C(NCc1ccc2c(c1)nc(C(/C=C(/C)C=O)=C/N(C)C)n2CCO)C(=O)OC1CCOC1. The van der Waals surface area contributed by atoms with Gasteiger partial charge in [-0.25, -0.2) is 4.98 Å². The zero-order valence-corrected chi connectivity index (χ0v) is 22.3. The summed E-state index contributed by atoms with van der Waals surface area (Å²) in [5, 5.41) is 13.0. The standard InChI is InChI=1S/C27H38N4O6/c1-18(16-33)12-21(15-30(3)4)26-29-23-13-20(6-7-24(23)31(26)9-10-32)14-28-25(19(2)35-5)27(34)37-22-8-11-36-17-22/h6-7,12-13,15-16,19,22,25,28,32H,8-11,14,17H2,1-5H3/b18-12-,21-15+. The Balaban J connectivity index is 1.88. The van der Waals surface area contributed by atoms with E-state index >= 15 is 0 Å². The van der Waals surface area contributed by atoms with Gasteiger partial charge in [-0.3, -0.25) is 14.9 Å². The Morgan fingerprint density at radius 1 is 1.41 bits per heavy atom. The molecule has 0 amide bonds. The third-order valence-corrected chi connectivity index (χ3v) is 6.15. The number of fused-ring (bicyclic) bond motifs is 1. The van der Waals surface area contributed by atoms with Crippen molar-refractivity contribution in [3.05, 3.63) is 47.4 Å². The van der Waals surface area contributed by atoms with Crippen molar-refractivity contribution < 1.29 is 28.9 Å². The molecule has 1 aromatic carbocycles. The van der Waals surface area contributed by atoms with Gasteiger partial charge < -0.3 is 28.8 Å². The largest absolute Gasteiger partial charge is 0.459 e. The average molecular weight is 515 g/mol. The Morgan fingerprint density at radius 2 is 2.19 bits per heavy atom. The van der Waals surface area contributed by atoms with E-state index in [1.807, 2.05) is 54.9 Å². The van der Waals surface area contributed by atoms with Crippen LogP contribution in [0.4, 0.5) is 0 Å². The molecule has 2 aromatic rings. The van der Waals surface area contributed by atoms with Crippen LogP contribution >= 0.6 is 0 Å². The lowest BCUT2D eigenvalue weighted by Crippen LogP contribution is -2.47. The lowest BCUT2D eigenvalue weighted by molar-refractivity contribution is -0.155. The molecule has 1 saturated heterocycles. The maximum absolute atomic E-state index is 12.8. The van der Waals surface area contributed by atoms with E-state index in [9.17, 15) is 14.7 Å². The van der Waals surface area contributed by atoms with Crippen molar-refractivity contribution in [1.82, 2.24) is 19.8 Å². The third kappa shape index (κ3) is 7.48. The highest BCUT2D eigenvalue weighted by atomic mass is 16.6. The van der Waals surface area contributed by atoms with Crippen LogP contribution in [0, 0.1) is 0 Å². The second-order valence-corrected chi connectivity index (χ2v) is 9.41. The van der Waals surface area contributed by atoms with Crippen LogP contribution in [0.1, 0.15) is 31.7 Å². The van der Waals surface area contributed by atoms with Crippen molar-refractivity contribution in [3.8, 4) is 0 Å². The Bertz CT molecular complexity index is 1130. The van der Waals surface area contributed by atoms with Crippen molar-refractivity contribution in [1.29, 1.82) is 0 Å². The molecule has 1 aliphatic rings. The summed E-state index contributed by atoms with van der Waals surface area (Å²) in [7, 11) is 5.36. The van der Waals surface area contributed by atoms with Crippen LogP contribution in [0.15, 0.2) is 36.0 Å². The molecule has 2 heterocycles. The maximum Gasteiger partial charge on any atom is 0.326 e. The number of aliphatic hydroxyl groups excluding tert-OH is 1. The van der Waals surface area contributed by atoms with E-state index in [0.29, 0.717) is 44.1 Å². The minimum absolute atomic E-state index is 0.0574. The average Bonchev–Trinajstić information content (AvgIpc) is 3.51. The molecule has 0 bridgehead atoms. The number of ether oxygens (including phenoxy) is 3. The summed E-state index contributed by atoms with van der Waals surface area (Å²) in [6.45, 7) is 5.27. The second kappa shape index (κ2) is 13.5. The van der Waals surface area contributed by atoms with E-state index in [-0.39, 0.29) is 24.8 Å². The molecule has 202 valence electrons. The molecule has 0 spiro atoms. The highest BCUT2D eigenvalue weighted by Crippen LogP contribution is 2.25. The summed E-state index contributed by atoms with van der Waals surface area (Å²) in [6, 6.07) is 5.22. The van der Waals surface area contributed by atoms with Crippen molar-refractivity contribution in [3.63, 3.8) is 0 Å². The molecule has 2 N–H and O–H groups in total. The molecule has 3 unspecified atom stereocenters. The van der Waals surface area contributed by atoms with Gasteiger partial charge in [0.05, 0.1) is 37.0 Å². The first-order valence-electron chi connectivity index (χ1n) is 12.4. The van der Waals surface area contributed by atoms with Crippen LogP contribution in [-0.4, -0.2) is 91.1 Å². The second-order valence-electron chi connectivity index (χ2n) is 9.41. The van der Waals surface area contributed by atoms with Gasteiger partial charge in [-0.2, -0.15) is 0 Å². The highest BCUT2D eigenvalue weighted by Gasteiger charge is 2.30. The number of allylic oxidation sites excluding steroid dienone is 3. The number of nitrogens with one attached hydrogen (secondary N) is 1. The van der Waals surface area contributed by atoms with Crippen LogP contribution in [0.3, 0.4) is 0 Å². The maximum atomic E-state index is 12.8. The summed E-state index contributed by atoms with van der Waals surface area (Å²) in [5.74, 6) is 0.286. The molecule has 0 radical (unpaired) electrons. The zero-order chi connectivity index (χ0) is 26.9. The number of nitrogens with zero attached hydrogens (tertiary/aromatic N) is 3. The van der Waals surface area contributed by atoms with Gasteiger partial charge in [0, 0.05) is 52.5 Å². The van der Waals surface area contributed by atoms with Gasteiger partial charge in [-0.15, -0.1) is 0 Å². The smallest absolute Gasteiger partial charge is 0.326 e. The summed E-state index contributed by atoms with van der Waals surface area (Å²) < 4.78 is 18.3. The number of carbonyl (C=O) groups excluding carboxylic acids is 2. The first kappa shape index (κ1) is 28.5. The van der Waals surface area contributed by atoms with E-state index in [0.717, 1.165) is 28.5 Å². The Labute approximate surface area is 217 Å². The Morgan fingerprint density at radius 3 is 2.81 bits per heavy atom. The number of hydrogen-bond donors (Lipinski definition) is 2. The quantitative estimate of drug-likeness (QED) is 0.179. The summed E-state index contributed by atoms with van der Waals surface area (Å²) >= 11 is 0. The zero-order valence-electron chi connectivity index (χ0n) is 22.3. The number of esters is 1. The van der Waals surface area contributed by atoms with Gasteiger partial charge in [0.15, 0.2) is 0 Å². The molecule has 37 heavy (non-hydrogen) atoms. The minimum Gasteiger partial charge on any atom is -0.459 e. The number of hydrogen-bond acceptors (Lipinski definition) is 9. The van der Waals surface area contributed by atoms with Crippen molar-refractivity contribution in [2.75, 3.05) is 41.0 Å². The number of rotatable bonds is 13. The van der Waals surface area contributed by atoms with E-state index in [1.54, 1.807) is 20.1 Å². The van der Waals surface area contributed by atoms with Gasteiger partial charge in [-0.1, -0.05) is 6.07 Å². The summed E-state index contributed by atoms with van der Waals surface area (Å²) in [6.07, 6.45) is 4.55. The fourth-order valence-electron chi connectivity index (χ4n) is 4.20. The lowest BCUT2D eigenvalue weighted by Gasteiger charge is -2.24. The van der Waals surface area contributed by atoms with Crippen molar-refractivity contribution in [2.45, 2.75) is 51.6 Å². The van der Waals surface area contributed by atoms with Gasteiger partial charge >= 0.3 is 5.97 Å². The molecular formula is C27H38N4O6. The van der Waals surface area contributed by atoms with Gasteiger partial charge in [0.25, 0.3) is 0 Å². The third-order valence-electron chi connectivity index (χ3n) is 6.15. The number of methoxy groups -OCH3 is 1. The first-order chi connectivity index (χ1) is 17.8. The molecule has 10 nitrogen and oxygen atoms in total. The molecule has 1 aliphatic heterocycles. The fourth-order valence-corrected chi connectivity index (χ4v) is 4.20. The van der Waals surface area contributed by atoms with E-state index < -0.39 is 6.04 Å². The Kier molecular flexibility index (Phi) is 10.4. The molecule has 3 rings (SSSR count). The van der Waals surface area contributed by atoms with Crippen LogP contribution in [0.25, 0.3) is 16.6 Å². The fraction of sp³-hybridized carbons (Fsp3) is 0.519. The molecule has 10 heteroatoms. The Hall–Kier alpha value is -3.05. The normalized spacial score (nSPS) is 18.2. The monoisotopic (exact) mass is 514 g/mol. The van der Waals surface area contributed by atoms with E-state index in [2.05, 4.69) is 5.32 Å². The van der Waals surface area contributed by atoms with Crippen molar-refractivity contribution in [2.24, 2.45) is 0 Å². The number of carbonyl (C=O) groups is 2. The van der Waals surface area contributed by atoms with E-state index in [1.165, 1.54) is 0 Å². The number of imidazole rings is 1. The van der Waals surface area contributed by atoms with Crippen molar-refractivity contribution >= 4 is 28.9 Å². The molecule has 0 saturated carbocycles. The van der Waals surface area contributed by atoms with Crippen LogP contribution < -0.4 is 5.32 Å². The van der Waals surface area contributed by atoms with Crippen LogP contribution in [0.2, 0.25) is 0 Å². The van der Waals surface area contributed by atoms with Crippen LogP contribution in [0.5, 0.6) is 0 Å². The predicted molar refractivity (Wildman–Crippen MR) is 141 cm³/mol. The number of aldehydes is 1. The van der Waals surface area contributed by atoms with E-state index in [4.69, 9.17) is 19.2 Å². The molecule has 1 fully saturated rings. The lowest BCUT2D eigenvalue weighted by atomic mass is 10.1. The molecular weight excluding hydrogens is 476 g/mol. The highest BCUT2D eigenvalue weighted by molar-refractivity contribution is 5.86. The van der Waals surface area contributed by atoms with Gasteiger partial charge in [0.2, 0.25) is 0 Å². The predicted octanol–water partition coefficient (Wildman–Crippen LogP) is 1.90. The molecule has 1 aromatic heterocycles. The number of aromatic nitrogens is 2. The minimum atomic E-state index is -0.644.